The Morgan fingerprint density at radius 3 is 2.76 bits per heavy atom. The first-order valence-electron chi connectivity index (χ1n) is 6.30. The van der Waals surface area contributed by atoms with E-state index in [1.807, 2.05) is 18.2 Å². The molecule has 1 heterocycles. The Morgan fingerprint density at radius 2 is 1.94 bits per heavy atom. The van der Waals surface area contributed by atoms with Crippen LogP contribution in [0.3, 0.4) is 0 Å². The highest BCUT2D eigenvalue weighted by Crippen LogP contribution is 2.07. The zero-order valence-electron chi connectivity index (χ0n) is 10.1. The van der Waals surface area contributed by atoms with Crippen molar-refractivity contribution in [2.75, 3.05) is 19.6 Å². The molecule has 0 N–H and O–H groups in total. The maximum Gasteiger partial charge on any atom is 0.134 e. The van der Waals surface area contributed by atoms with E-state index in [0.717, 1.165) is 38.9 Å². The van der Waals surface area contributed by atoms with Crippen LogP contribution in [-0.2, 0) is 4.79 Å². The van der Waals surface area contributed by atoms with Gasteiger partial charge in [-0.15, -0.1) is 0 Å². The van der Waals surface area contributed by atoms with Gasteiger partial charge in [-0.25, -0.2) is 0 Å². The lowest BCUT2D eigenvalue weighted by atomic mass is 10.2. The number of ketones is 1. The van der Waals surface area contributed by atoms with Crippen molar-refractivity contribution in [3.05, 3.63) is 42.0 Å². The van der Waals surface area contributed by atoms with E-state index in [-0.39, 0.29) is 0 Å². The number of Topliss-reactive ketones (excluding diaryl/α,β-unsaturated/α-hetero) is 1. The Kier molecular flexibility index (Phi) is 4.51. The summed E-state index contributed by atoms with van der Waals surface area (Å²) in [6.45, 7) is 2.91. The molecule has 2 heteroatoms. The summed E-state index contributed by atoms with van der Waals surface area (Å²) in [7, 11) is 0. The summed E-state index contributed by atoms with van der Waals surface area (Å²) in [5, 5.41) is 0. The number of benzene rings is 1. The minimum atomic E-state index is 0.416. The van der Waals surface area contributed by atoms with Crippen LogP contribution in [0.4, 0.5) is 0 Å². The monoisotopic (exact) mass is 229 g/mol. The second-order valence-electron chi connectivity index (χ2n) is 4.51. The first kappa shape index (κ1) is 12.1. The normalized spacial score (nSPS) is 18.5. The molecule has 90 valence electrons. The Balaban J connectivity index is 1.81. The molecule has 0 unspecified atom stereocenters. The number of carbonyl (C=O) groups is 1. The molecular weight excluding hydrogens is 210 g/mol. The van der Waals surface area contributed by atoms with Gasteiger partial charge < -0.3 is 0 Å². The third-order valence-corrected chi connectivity index (χ3v) is 3.11. The molecule has 0 atom stereocenters. The highest BCUT2D eigenvalue weighted by Gasteiger charge is 2.12. The van der Waals surface area contributed by atoms with Gasteiger partial charge in [-0.05, 0) is 18.5 Å². The summed E-state index contributed by atoms with van der Waals surface area (Å²) < 4.78 is 0. The van der Waals surface area contributed by atoms with E-state index in [4.69, 9.17) is 0 Å². The Morgan fingerprint density at radius 1 is 1.12 bits per heavy atom. The molecule has 2 nitrogen and oxygen atoms in total. The molecule has 1 aromatic rings. The van der Waals surface area contributed by atoms with Crippen LogP contribution < -0.4 is 0 Å². The molecule has 1 aliphatic heterocycles. The molecule has 1 saturated heterocycles. The fourth-order valence-electron chi connectivity index (χ4n) is 2.10. The van der Waals surface area contributed by atoms with Gasteiger partial charge in [-0.1, -0.05) is 42.5 Å². The summed E-state index contributed by atoms with van der Waals surface area (Å²) in [5.74, 6) is 0.416. The molecule has 0 radical (unpaired) electrons. The van der Waals surface area contributed by atoms with Crippen molar-refractivity contribution < 1.29 is 4.79 Å². The van der Waals surface area contributed by atoms with Crippen LogP contribution in [0.1, 0.15) is 24.8 Å². The van der Waals surface area contributed by atoms with E-state index in [1.54, 1.807) is 0 Å². The summed E-state index contributed by atoms with van der Waals surface area (Å²) >= 11 is 0. The molecule has 0 saturated carbocycles. The van der Waals surface area contributed by atoms with Gasteiger partial charge in [0.25, 0.3) is 0 Å². The van der Waals surface area contributed by atoms with Gasteiger partial charge in [0.15, 0.2) is 0 Å². The zero-order chi connectivity index (χ0) is 11.9. The lowest BCUT2D eigenvalue weighted by Crippen LogP contribution is -2.24. The molecular formula is C15H19NO. The number of rotatable bonds is 3. The smallest absolute Gasteiger partial charge is 0.134 e. The van der Waals surface area contributed by atoms with Gasteiger partial charge >= 0.3 is 0 Å². The molecule has 17 heavy (non-hydrogen) atoms. The number of nitrogens with zero attached hydrogens (tertiary/aromatic N) is 1. The molecule has 0 bridgehead atoms. The van der Waals surface area contributed by atoms with Crippen molar-refractivity contribution in [2.24, 2.45) is 0 Å². The number of hydrogen-bond donors (Lipinski definition) is 0. The van der Waals surface area contributed by atoms with Crippen molar-refractivity contribution in [1.29, 1.82) is 0 Å². The average molecular weight is 229 g/mol. The van der Waals surface area contributed by atoms with E-state index in [1.165, 1.54) is 5.56 Å². The van der Waals surface area contributed by atoms with Gasteiger partial charge in [0.2, 0.25) is 0 Å². The minimum absolute atomic E-state index is 0.416. The second kappa shape index (κ2) is 6.36. The van der Waals surface area contributed by atoms with Gasteiger partial charge in [0.1, 0.15) is 5.78 Å². The average Bonchev–Trinajstić information content (AvgIpc) is 2.56. The van der Waals surface area contributed by atoms with Crippen LogP contribution in [-0.4, -0.2) is 30.3 Å². The highest BCUT2D eigenvalue weighted by atomic mass is 16.1. The molecule has 1 aliphatic rings. The third kappa shape index (κ3) is 4.16. The molecule has 0 amide bonds. The fourth-order valence-corrected chi connectivity index (χ4v) is 2.10. The summed E-state index contributed by atoms with van der Waals surface area (Å²) in [6, 6.07) is 10.3. The van der Waals surface area contributed by atoms with Crippen LogP contribution in [0.15, 0.2) is 36.4 Å². The summed E-state index contributed by atoms with van der Waals surface area (Å²) in [5.41, 5.74) is 1.23. The van der Waals surface area contributed by atoms with E-state index >= 15 is 0 Å². The number of hydrogen-bond acceptors (Lipinski definition) is 2. The van der Waals surface area contributed by atoms with E-state index < -0.39 is 0 Å². The Labute approximate surface area is 103 Å². The molecule has 0 spiro atoms. The van der Waals surface area contributed by atoms with Gasteiger partial charge in [-0.2, -0.15) is 0 Å². The maximum atomic E-state index is 11.3. The van der Waals surface area contributed by atoms with Crippen LogP contribution in [0.2, 0.25) is 0 Å². The standard InChI is InChI=1S/C15H19NO/c17-15-9-5-12-16(13-10-15)11-4-8-14-6-2-1-3-7-14/h1-4,6-8H,5,9-13H2/b8-4+. The van der Waals surface area contributed by atoms with Gasteiger partial charge in [-0.3, -0.25) is 9.69 Å². The Bertz CT molecular complexity index is 383. The van der Waals surface area contributed by atoms with Crippen molar-refractivity contribution in [1.82, 2.24) is 4.90 Å². The third-order valence-electron chi connectivity index (χ3n) is 3.11. The van der Waals surface area contributed by atoms with Crippen molar-refractivity contribution in [3.8, 4) is 0 Å². The predicted octanol–water partition coefficient (Wildman–Crippen LogP) is 2.75. The number of carbonyl (C=O) groups excluding carboxylic acids is 1. The minimum Gasteiger partial charge on any atom is -0.300 e. The van der Waals surface area contributed by atoms with Crippen molar-refractivity contribution >= 4 is 11.9 Å². The van der Waals surface area contributed by atoms with Crippen molar-refractivity contribution in [3.63, 3.8) is 0 Å². The second-order valence-corrected chi connectivity index (χ2v) is 4.51. The summed E-state index contributed by atoms with van der Waals surface area (Å²) in [6.07, 6.45) is 6.83. The van der Waals surface area contributed by atoms with E-state index in [2.05, 4.69) is 29.2 Å². The predicted molar refractivity (Wildman–Crippen MR) is 70.8 cm³/mol. The highest BCUT2D eigenvalue weighted by molar-refractivity contribution is 5.78. The molecule has 0 aliphatic carbocycles. The van der Waals surface area contributed by atoms with E-state index in [0.29, 0.717) is 5.78 Å². The lowest BCUT2D eigenvalue weighted by Gasteiger charge is -2.16. The first-order chi connectivity index (χ1) is 8.34. The topological polar surface area (TPSA) is 20.3 Å². The van der Waals surface area contributed by atoms with E-state index in [9.17, 15) is 4.79 Å². The zero-order valence-corrected chi connectivity index (χ0v) is 10.1. The van der Waals surface area contributed by atoms with Crippen LogP contribution in [0, 0.1) is 0 Å². The van der Waals surface area contributed by atoms with Crippen LogP contribution in [0.5, 0.6) is 0 Å². The Hall–Kier alpha value is -1.41. The molecule has 1 fully saturated rings. The largest absolute Gasteiger partial charge is 0.300 e. The SMILES string of the molecule is O=C1CCCN(C/C=C/c2ccccc2)CC1. The molecule has 0 aromatic heterocycles. The maximum absolute atomic E-state index is 11.3. The lowest BCUT2D eigenvalue weighted by molar-refractivity contribution is -0.118. The molecule has 2 rings (SSSR count). The van der Waals surface area contributed by atoms with Gasteiger partial charge in [0.05, 0.1) is 0 Å². The molecule has 1 aromatic carbocycles. The summed E-state index contributed by atoms with van der Waals surface area (Å²) in [4.78, 5) is 13.6. The first-order valence-corrected chi connectivity index (χ1v) is 6.30. The fraction of sp³-hybridized carbons (Fsp3) is 0.400. The van der Waals surface area contributed by atoms with Gasteiger partial charge in [0, 0.05) is 25.9 Å². The van der Waals surface area contributed by atoms with Crippen LogP contribution in [0.25, 0.3) is 6.08 Å². The quantitative estimate of drug-likeness (QED) is 0.794. The van der Waals surface area contributed by atoms with Crippen molar-refractivity contribution in [2.45, 2.75) is 19.3 Å². The van der Waals surface area contributed by atoms with Crippen LogP contribution >= 0.6 is 0 Å². The number of likely N-dealkylation sites (tertiary alicyclic amines) is 1.